The molecule has 0 bridgehead atoms. The quantitative estimate of drug-likeness (QED) is 0.851. The van der Waals surface area contributed by atoms with E-state index in [2.05, 4.69) is 5.32 Å². The summed E-state index contributed by atoms with van der Waals surface area (Å²) >= 11 is 0. The third kappa shape index (κ3) is 3.67. The highest BCUT2D eigenvalue weighted by molar-refractivity contribution is 6.03. The number of carbonyl (C=O) groups is 2. The molecule has 0 spiro atoms. The number of aryl methyl sites for hydroxylation is 2. The minimum absolute atomic E-state index is 0.0581. The van der Waals surface area contributed by atoms with Crippen molar-refractivity contribution >= 4 is 11.8 Å². The fourth-order valence-corrected chi connectivity index (χ4v) is 2.86. The number of benzene rings is 1. The SMILES string of the molecule is Cc1ccc(C)c(C(=O)C2CCCN2C(=O)NC(C)(C)C)c1. The van der Waals surface area contributed by atoms with Crippen LogP contribution < -0.4 is 5.32 Å². The van der Waals surface area contributed by atoms with Crippen molar-refractivity contribution in [1.82, 2.24) is 10.2 Å². The third-order valence-electron chi connectivity index (χ3n) is 3.96. The lowest BCUT2D eigenvalue weighted by Gasteiger charge is -2.29. The van der Waals surface area contributed by atoms with Crippen LogP contribution in [0.4, 0.5) is 4.79 Å². The second kappa shape index (κ2) is 6.11. The third-order valence-corrected chi connectivity index (χ3v) is 3.96. The van der Waals surface area contributed by atoms with Gasteiger partial charge in [0.1, 0.15) is 0 Å². The monoisotopic (exact) mass is 302 g/mol. The number of ketones is 1. The Kier molecular flexibility index (Phi) is 4.59. The van der Waals surface area contributed by atoms with Gasteiger partial charge in [-0.1, -0.05) is 17.7 Å². The van der Waals surface area contributed by atoms with E-state index in [9.17, 15) is 9.59 Å². The molecule has 0 aliphatic carbocycles. The highest BCUT2D eigenvalue weighted by atomic mass is 16.2. The van der Waals surface area contributed by atoms with Crippen LogP contribution in [0, 0.1) is 13.8 Å². The van der Waals surface area contributed by atoms with Crippen LogP contribution in [-0.4, -0.2) is 34.8 Å². The normalized spacial score (nSPS) is 18.4. The van der Waals surface area contributed by atoms with Crippen molar-refractivity contribution < 1.29 is 9.59 Å². The molecule has 120 valence electrons. The molecule has 0 saturated carbocycles. The van der Waals surface area contributed by atoms with Crippen molar-refractivity contribution in [3.63, 3.8) is 0 Å². The molecule has 1 aliphatic heterocycles. The summed E-state index contributed by atoms with van der Waals surface area (Å²) in [6, 6.07) is 5.41. The maximum absolute atomic E-state index is 12.9. The first kappa shape index (κ1) is 16.5. The number of hydrogen-bond acceptors (Lipinski definition) is 2. The van der Waals surface area contributed by atoms with Crippen molar-refractivity contribution in [2.45, 2.75) is 59.0 Å². The summed E-state index contributed by atoms with van der Waals surface area (Å²) in [6.45, 7) is 10.4. The molecule has 1 N–H and O–H groups in total. The van der Waals surface area contributed by atoms with Gasteiger partial charge in [-0.25, -0.2) is 4.79 Å². The molecule has 1 saturated heterocycles. The maximum Gasteiger partial charge on any atom is 0.318 e. The molecule has 1 unspecified atom stereocenters. The molecule has 4 heteroatoms. The van der Waals surface area contributed by atoms with Gasteiger partial charge in [-0.15, -0.1) is 0 Å². The number of carbonyl (C=O) groups excluding carboxylic acids is 2. The highest BCUT2D eigenvalue weighted by Gasteiger charge is 2.36. The Bertz CT molecular complexity index is 587. The molecule has 0 radical (unpaired) electrons. The summed E-state index contributed by atoms with van der Waals surface area (Å²) in [5.74, 6) is 0.0581. The average Bonchev–Trinajstić information content (AvgIpc) is 2.88. The Morgan fingerprint density at radius 1 is 1.23 bits per heavy atom. The number of nitrogens with one attached hydrogen (secondary N) is 1. The summed E-state index contributed by atoms with van der Waals surface area (Å²) in [5.41, 5.74) is 2.48. The van der Waals surface area contributed by atoms with Crippen molar-refractivity contribution in [2.24, 2.45) is 0 Å². The smallest absolute Gasteiger partial charge is 0.318 e. The Balaban J connectivity index is 2.21. The molecule has 0 aromatic heterocycles. The highest BCUT2D eigenvalue weighted by Crippen LogP contribution is 2.24. The Morgan fingerprint density at radius 3 is 2.55 bits per heavy atom. The van der Waals surface area contributed by atoms with Gasteiger partial charge in [0.05, 0.1) is 6.04 Å². The van der Waals surface area contributed by atoms with Crippen LogP contribution in [0.2, 0.25) is 0 Å². The van der Waals surface area contributed by atoms with Crippen molar-refractivity contribution in [2.75, 3.05) is 6.54 Å². The molecule has 4 nitrogen and oxygen atoms in total. The second-order valence-electron chi connectivity index (χ2n) is 7.21. The summed E-state index contributed by atoms with van der Waals surface area (Å²) in [5, 5.41) is 2.96. The topological polar surface area (TPSA) is 49.4 Å². The van der Waals surface area contributed by atoms with Crippen molar-refractivity contribution in [3.05, 3.63) is 34.9 Å². The molecule has 1 atom stereocenters. The molecule has 2 amide bonds. The number of Topliss-reactive ketones (excluding diaryl/α,β-unsaturated/α-hetero) is 1. The lowest BCUT2D eigenvalue weighted by molar-refractivity contribution is 0.0882. The predicted molar refractivity (Wildman–Crippen MR) is 88.3 cm³/mol. The number of nitrogens with zero attached hydrogens (tertiary/aromatic N) is 1. The molecule has 1 aliphatic rings. The van der Waals surface area contributed by atoms with Crippen LogP contribution in [0.3, 0.4) is 0 Å². The average molecular weight is 302 g/mol. The number of likely N-dealkylation sites (tertiary alicyclic amines) is 1. The summed E-state index contributed by atoms with van der Waals surface area (Å²) in [6.07, 6.45) is 1.61. The largest absolute Gasteiger partial charge is 0.333 e. The molecule has 1 fully saturated rings. The van der Waals surface area contributed by atoms with Gasteiger partial charge in [-0.2, -0.15) is 0 Å². The van der Waals surface area contributed by atoms with Gasteiger partial charge in [0, 0.05) is 17.6 Å². The minimum atomic E-state index is -0.345. The van der Waals surface area contributed by atoms with E-state index in [4.69, 9.17) is 0 Å². The molecular formula is C18H26N2O2. The van der Waals surface area contributed by atoms with E-state index >= 15 is 0 Å². The maximum atomic E-state index is 12.9. The number of urea groups is 1. The molecule has 1 aromatic carbocycles. The lowest BCUT2D eigenvalue weighted by Crippen LogP contribution is -2.51. The van der Waals surface area contributed by atoms with Crippen LogP contribution in [0.1, 0.15) is 55.1 Å². The first-order valence-electron chi connectivity index (χ1n) is 7.89. The molecular weight excluding hydrogens is 276 g/mol. The molecule has 1 aromatic rings. The van der Waals surface area contributed by atoms with E-state index in [0.29, 0.717) is 6.54 Å². The van der Waals surface area contributed by atoms with E-state index < -0.39 is 0 Å². The van der Waals surface area contributed by atoms with E-state index in [-0.39, 0.29) is 23.4 Å². The van der Waals surface area contributed by atoms with Crippen LogP contribution in [-0.2, 0) is 0 Å². The van der Waals surface area contributed by atoms with Gasteiger partial charge < -0.3 is 10.2 Å². The van der Waals surface area contributed by atoms with Crippen LogP contribution in [0.5, 0.6) is 0 Å². The standard InChI is InChI=1S/C18H26N2O2/c1-12-8-9-13(2)14(11-12)16(21)15-7-6-10-20(15)17(22)19-18(3,4)5/h8-9,11,15H,6-7,10H2,1-5H3,(H,19,22). The van der Waals surface area contributed by atoms with Crippen LogP contribution >= 0.6 is 0 Å². The van der Waals surface area contributed by atoms with E-state index in [1.807, 2.05) is 52.8 Å². The lowest BCUT2D eigenvalue weighted by atomic mass is 9.96. The predicted octanol–water partition coefficient (Wildman–Crippen LogP) is 3.46. The van der Waals surface area contributed by atoms with Crippen LogP contribution in [0.15, 0.2) is 18.2 Å². The zero-order valence-electron chi connectivity index (χ0n) is 14.2. The summed E-state index contributed by atoms with van der Waals surface area (Å²) < 4.78 is 0. The number of amides is 2. The Morgan fingerprint density at radius 2 is 1.91 bits per heavy atom. The van der Waals surface area contributed by atoms with Gasteiger partial charge in [-0.05, 0) is 59.1 Å². The Hall–Kier alpha value is -1.84. The zero-order valence-corrected chi connectivity index (χ0v) is 14.2. The Labute approximate surface area is 132 Å². The molecule has 1 heterocycles. The number of rotatable bonds is 2. The van der Waals surface area contributed by atoms with E-state index in [0.717, 1.165) is 29.5 Å². The van der Waals surface area contributed by atoms with Gasteiger partial charge in [0.15, 0.2) is 5.78 Å². The molecule has 2 rings (SSSR count). The van der Waals surface area contributed by atoms with Gasteiger partial charge >= 0.3 is 6.03 Å². The second-order valence-corrected chi connectivity index (χ2v) is 7.21. The van der Waals surface area contributed by atoms with Crippen molar-refractivity contribution in [1.29, 1.82) is 0 Å². The van der Waals surface area contributed by atoms with Gasteiger partial charge in [0.25, 0.3) is 0 Å². The minimum Gasteiger partial charge on any atom is -0.333 e. The fraction of sp³-hybridized carbons (Fsp3) is 0.556. The van der Waals surface area contributed by atoms with E-state index in [1.165, 1.54) is 0 Å². The first-order chi connectivity index (χ1) is 10.2. The summed E-state index contributed by atoms with van der Waals surface area (Å²) in [4.78, 5) is 27.0. The van der Waals surface area contributed by atoms with Gasteiger partial charge in [-0.3, -0.25) is 4.79 Å². The zero-order chi connectivity index (χ0) is 16.5. The fourth-order valence-electron chi connectivity index (χ4n) is 2.86. The number of hydrogen-bond donors (Lipinski definition) is 1. The van der Waals surface area contributed by atoms with Crippen LogP contribution in [0.25, 0.3) is 0 Å². The van der Waals surface area contributed by atoms with Gasteiger partial charge in [0.2, 0.25) is 0 Å². The summed E-state index contributed by atoms with van der Waals surface area (Å²) in [7, 11) is 0. The van der Waals surface area contributed by atoms with E-state index in [1.54, 1.807) is 4.90 Å². The molecule has 22 heavy (non-hydrogen) atoms. The van der Waals surface area contributed by atoms with Crippen molar-refractivity contribution in [3.8, 4) is 0 Å². The first-order valence-corrected chi connectivity index (χ1v) is 7.89.